The van der Waals surface area contributed by atoms with Gasteiger partial charge < -0.3 is 35.0 Å². The summed E-state index contributed by atoms with van der Waals surface area (Å²) in [6, 6.07) is 0. The van der Waals surface area contributed by atoms with Crippen LogP contribution in [0.25, 0.3) is 0 Å². The molecule has 0 aromatic heterocycles. The van der Waals surface area contributed by atoms with Crippen LogP contribution in [0.3, 0.4) is 0 Å². The molecular formula is C20H28O8. The van der Waals surface area contributed by atoms with E-state index in [1.807, 2.05) is 13.8 Å². The number of aromatic hydroxyl groups is 1. The van der Waals surface area contributed by atoms with Crippen LogP contribution in [0.2, 0.25) is 0 Å². The summed E-state index contributed by atoms with van der Waals surface area (Å²) in [5.74, 6) is 0.0136. The Morgan fingerprint density at radius 3 is 2.43 bits per heavy atom. The van der Waals surface area contributed by atoms with Crippen molar-refractivity contribution in [3.63, 3.8) is 0 Å². The third-order valence-electron chi connectivity index (χ3n) is 5.91. The Bertz CT molecular complexity index is 759. The highest BCUT2D eigenvalue weighted by Crippen LogP contribution is 2.40. The highest BCUT2D eigenvalue weighted by molar-refractivity contribution is 6.04. The number of hydrogen-bond acceptors (Lipinski definition) is 8. The van der Waals surface area contributed by atoms with E-state index in [9.17, 15) is 30.3 Å². The van der Waals surface area contributed by atoms with Gasteiger partial charge in [0, 0.05) is 17.0 Å². The molecule has 3 rings (SSSR count). The smallest absolute Gasteiger partial charge is 0.186 e. The van der Waals surface area contributed by atoms with E-state index in [-0.39, 0.29) is 24.1 Å². The van der Waals surface area contributed by atoms with E-state index >= 15 is 0 Å². The second kappa shape index (κ2) is 8.06. The summed E-state index contributed by atoms with van der Waals surface area (Å²) in [5, 5.41) is 49.4. The number of phenolic OH excluding ortho intramolecular Hbond substituents is 1. The van der Waals surface area contributed by atoms with Crippen molar-refractivity contribution in [2.24, 2.45) is 5.92 Å². The second-order valence-electron chi connectivity index (χ2n) is 7.72. The van der Waals surface area contributed by atoms with Crippen molar-refractivity contribution in [3.05, 3.63) is 27.8 Å². The molecule has 1 aromatic carbocycles. The first-order valence-electron chi connectivity index (χ1n) is 9.49. The number of carbonyl (C=O) groups is 1. The van der Waals surface area contributed by atoms with Crippen LogP contribution >= 0.6 is 0 Å². The predicted molar refractivity (Wildman–Crippen MR) is 98.2 cm³/mol. The SMILES string of the molecule is Cc1c(O)c2c(c(C)c1CCO[C@@H]1O[C@H](CO)[C@@H](O)[C@H](O)[C@H]1O)C(=O)[C@@H](C)C2. The Labute approximate surface area is 163 Å². The van der Waals surface area contributed by atoms with Crippen LogP contribution in [0.1, 0.15) is 39.5 Å². The number of hydrogen-bond donors (Lipinski definition) is 5. The molecule has 28 heavy (non-hydrogen) atoms. The van der Waals surface area contributed by atoms with Gasteiger partial charge in [0.1, 0.15) is 30.2 Å². The van der Waals surface area contributed by atoms with Crippen LogP contribution in [-0.2, 0) is 22.3 Å². The summed E-state index contributed by atoms with van der Waals surface area (Å²) < 4.78 is 10.9. The summed E-state index contributed by atoms with van der Waals surface area (Å²) in [7, 11) is 0. The molecule has 0 saturated carbocycles. The van der Waals surface area contributed by atoms with Crippen LogP contribution in [0, 0.1) is 19.8 Å². The van der Waals surface area contributed by atoms with Gasteiger partial charge in [-0.2, -0.15) is 0 Å². The Balaban J connectivity index is 1.74. The molecule has 1 saturated heterocycles. The number of aliphatic hydroxyl groups excluding tert-OH is 4. The van der Waals surface area contributed by atoms with Gasteiger partial charge in [-0.3, -0.25) is 4.79 Å². The zero-order valence-corrected chi connectivity index (χ0v) is 16.3. The molecule has 0 spiro atoms. The Kier molecular flexibility index (Phi) is 6.09. The Morgan fingerprint density at radius 1 is 1.11 bits per heavy atom. The van der Waals surface area contributed by atoms with Crippen molar-refractivity contribution in [2.75, 3.05) is 13.2 Å². The second-order valence-corrected chi connectivity index (χ2v) is 7.72. The van der Waals surface area contributed by atoms with Crippen LogP contribution in [0.15, 0.2) is 0 Å². The molecule has 5 N–H and O–H groups in total. The minimum absolute atomic E-state index is 0.0268. The minimum Gasteiger partial charge on any atom is -0.507 e. The summed E-state index contributed by atoms with van der Waals surface area (Å²) in [4.78, 5) is 12.5. The van der Waals surface area contributed by atoms with Gasteiger partial charge in [0.2, 0.25) is 0 Å². The average molecular weight is 396 g/mol. The van der Waals surface area contributed by atoms with E-state index in [4.69, 9.17) is 9.47 Å². The lowest BCUT2D eigenvalue weighted by atomic mass is 9.91. The first kappa shape index (κ1) is 21.2. The Hall–Kier alpha value is -1.55. The van der Waals surface area contributed by atoms with Gasteiger partial charge >= 0.3 is 0 Å². The predicted octanol–water partition coefficient (Wildman–Crippen LogP) is -0.257. The molecule has 156 valence electrons. The van der Waals surface area contributed by atoms with Crippen LogP contribution in [0.4, 0.5) is 0 Å². The average Bonchev–Trinajstić information content (AvgIpc) is 2.97. The van der Waals surface area contributed by atoms with Crippen molar-refractivity contribution < 1.29 is 39.8 Å². The maximum absolute atomic E-state index is 12.5. The minimum atomic E-state index is -1.50. The molecule has 8 nitrogen and oxygen atoms in total. The van der Waals surface area contributed by atoms with Gasteiger partial charge in [-0.05, 0) is 43.4 Å². The largest absolute Gasteiger partial charge is 0.507 e. The number of ketones is 1. The van der Waals surface area contributed by atoms with E-state index in [2.05, 4.69) is 0 Å². The summed E-state index contributed by atoms with van der Waals surface area (Å²) in [6.07, 6.45) is -5.75. The number of fused-ring (bicyclic) bond motifs is 1. The standard InChI is InChI=1S/C20H28O8/c1-8-6-12-14(15(8)22)9(2)11(10(3)16(12)23)4-5-27-20-19(26)18(25)17(24)13(7-21)28-20/h8,13,17-21,23-26H,4-7H2,1-3H3/t8-,13+,17+,18-,19+,20+/m0/s1. The number of Topliss-reactive ketones (excluding diaryl/α,β-unsaturated/α-hetero) is 1. The van der Waals surface area contributed by atoms with Crippen LogP contribution in [0.5, 0.6) is 5.75 Å². The topological polar surface area (TPSA) is 137 Å². The van der Waals surface area contributed by atoms with Crippen molar-refractivity contribution in [1.82, 2.24) is 0 Å². The molecular weight excluding hydrogens is 368 g/mol. The monoisotopic (exact) mass is 396 g/mol. The fraction of sp³-hybridized carbons (Fsp3) is 0.650. The Morgan fingerprint density at radius 2 is 1.79 bits per heavy atom. The van der Waals surface area contributed by atoms with Crippen LogP contribution in [-0.4, -0.2) is 75.2 Å². The third-order valence-corrected chi connectivity index (χ3v) is 5.91. The first-order chi connectivity index (χ1) is 13.2. The van der Waals surface area contributed by atoms with Crippen molar-refractivity contribution in [1.29, 1.82) is 0 Å². The van der Waals surface area contributed by atoms with Gasteiger partial charge in [-0.15, -0.1) is 0 Å². The number of benzene rings is 1. The maximum Gasteiger partial charge on any atom is 0.186 e. The lowest BCUT2D eigenvalue weighted by molar-refractivity contribution is -0.300. The molecule has 0 bridgehead atoms. The molecule has 6 atom stereocenters. The molecule has 1 aliphatic heterocycles. The van der Waals surface area contributed by atoms with E-state index in [0.29, 0.717) is 29.5 Å². The maximum atomic E-state index is 12.5. The van der Waals surface area contributed by atoms with Crippen LogP contribution < -0.4 is 0 Å². The molecule has 1 fully saturated rings. The summed E-state index contributed by atoms with van der Waals surface area (Å²) in [5.41, 5.74) is 3.58. The summed E-state index contributed by atoms with van der Waals surface area (Å²) >= 11 is 0. The molecule has 0 unspecified atom stereocenters. The number of rotatable bonds is 5. The first-order valence-corrected chi connectivity index (χ1v) is 9.49. The van der Waals surface area contributed by atoms with Gasteiger partial charge in [0.05, 0.1) is 13.2 Å². The highest BCUT2D eigenvalue weighted by Gasteiger charge is 2.44. The fourth-order valence-corrected chi connectivity index (χ4v) is 4.18. The quantitative estimate of drug-likeness (QED) is 0.459. The number of ether oxygens (including phenoxy) is 2. The van der Waals surface area contributed by atoms with E-state index in [0.717, 1.165) is 11.1 Å². The molecule has 1 heterocycles. The van der Waals surface area contributed by atoms with Crippen molar-refractivity contribution in [2.45, 2.75) is 64.3 Å². The zero-order valence-electron chi connectivity index (χ0n) is 16.3. The normalized spacial score (nSPS) is 32.6. The third kappa shape index (κ3) is 3.45. The van der Waals surface area contributed by atoms with Gasteiger partial charge in [-0.1, -0.05) is 6.92 Å². The molecule has 1 aliphatic carbocycles. The molecule has 1 aromatic rings. The highest BCUT2D eigenvalue weighted by atomic mass is 16.7. The lowest BCUT2D eigenvalue weighted by Crippen LogP contribution is -2.59. The molecule has 8 heteroatoms. The zero-order chi connectivity index (χ0) is 20.7. The number of aliphatic hydroxyl groups is 4. The van der Waals surface area contributed by atoms with Gasteiger partial charge in [-0.25, -0.2) is 0 Å². The molecule has 2 aliphatic rings. The molecule has 0 amide bonds. The van der Waals surface area contributed by atoms with E-state index in [1.54, 1.807) is 6.92 Å². The molecule has 0 radical (unpaired) electrons. The fourth-order valence-electron chi connectivity index (χ4n) is 4.18. The number of carbonyl (C=O) groups excluding carboxylic acids is 1. The summed E-state index contributed by atoms with van der Waals surface area (Å²) in [6.45, 7) is 5.05. The number of phenols is 1. The van der Waals surface area contributed by atoms with Crippen molar-refractivity contribution in [3.8, 4) is 5.75 Å². The van der Waals surface area contributed by atoms with E-state index in [1.165, 1.54) is 0 Å². The van der Waals surface area contributed by atoms with Gasteiger partial charge in [0.15, 0.2) is 12.1 Å². The lowest BCUT2D eigenvalue weighted by Gasteiger charge is -2.39. The van der Waals surface area contributed by atoms with Crippen molar-refractivity contribution >= 4 is 5.78 Å². The van der Waals surface area contributed by atoms with Gasteiger partial charge in [0.25, 0.3) is 0 Å². The van der Waals surface area contributed by atoms with E-state index < -0.39 is 37.3 Å².